The van der Waals surface area contributed by atoms with Gasteiger partial charge in [0.2, 0.25) is 0 Å². The third-order valence-electron chi connectivity index (χ3n) is 3.53. The van der Waals surface area contributed by atoms with E-state index in [0.717, 1.165) is 18.7 Å². The molecule has 1 aromatic carbocycles. The molecule has 2 unspecified atom stereocenters. The van der Waals surface area contributed by atoms with Gasteiger partial charge in [0.1, 0.15) is 5.25 Å². The van der Waals surface area contributed by atoms with E-state index in [-0.39, 0.29) is 10.7 Å². The van der Waals surface area contributed by atoms with Crippen LogP contribution in [-0.4, -0.2) is 28.6 Å². The predicted molar refractivity (Wildman–Crippen MR) is 65.1 cm³/mol. The topological polar surface area (TPSA) is 49.3 Å². The maximum absolute atomic E-state index is 11.0. The smallest absolute Gasteiger partial charge is 0.316 e. The number of fused-ring (bicyclic) bond motifs is 2. The van der Waals surface area contributed by atoms with E-state index in [1.807, 2.05) is 12.1 Å². The zero-order valence-electron chi connectivity index (χ0n) is 8.77. The molecule has 3 nitrogen and oxygen atoms in total. The lowest BCUT2D eigenvalue weighted by molar-refractivity contribution is -0.136. The summed E-state index contributed by atoms with van der Waals surface area (Å²) in [6.07, 6.45) is 0.747. The van der Waals surface area contributed by atoms with E-state index in [1.165, 1.54) is 11.3 Å². The van der Waals surface area contributed by atoms with Gasteiger partial charge in [0.05, 0.1) is 0 Å². The van der Waals surface area contributed by atoms with Gasteiger partial charge in [-0.3, -0.25) is 4.79 Å². The van der Waals surface area contributed by atoms with Crippen LogP contribution in [0.1, 0.15) is 12.0 Å². The van der Waals surface area contributed by atoms with E-state index >= 15 is 0 Å². The molecule has 2 heterocycles. The van der Waals surface area contributed by atoms with Crippen molar-refractivity contribution in [3.8, 4) is 0 Å². The van der Waals surface area contributed by atoms with E-state index in [2.05, 4.69) is 17.4 Å². The van der Waals surface area contributed by atoms with Crippen LogP contribution in [-0.2, 0) is 10.2 Å². The van der Waals surface area contributed by atoms with Crippen LogP contribution in [0.15, 0.2) is 24.3 Å². The van der Waals surface area contributed by atoms with Crippen LogP contribution in [0.3, 0.4) is 0 Å². The molecule has 2 atom stereocenters. The number of nitrogens with one attached hydrogen (secondary N) is 1. The summed E-state index contributed by atoms with van der Waals surface area (Å²) >= 11 is 1.57. The number of para-hydroxylation sites is 1. The summed E-state index contributed by atoms with van der Waals surface area (Å²) in [6, 6.07) is 8.25. The van der Waals surface area contributed by atoms with Gasteiger partial charge in [0, 0.05) is 23.4 Å². The van der Waals surface area contributed by atoms with Crippen molar-refractivity contribution in [2.45, 2.75) is 17.1 Å². The average Bonchev–Trinajstić information content (AvgIpc) is 2.87. The normalized spacial score (nSPS) is 31.4. The molecule has 0 saturated carbocycles. The Labute approximate surface area is 98.2 Å². The lowest BCUT2D eigenvalue weighted by atomic mass is 9.80. The molecule has 2 N–H and O–H groups in total. The fourth-order valence-electron chi connectivity index (χ4n) is 2.66. The Morgan fingerprint density at radius 3 is 3.06 bits per heavy atom. The van der Waals surface area contributed by atoms with Crippen LogP contribution in [0.25, 0.3) is 0 Å². The first-order chi connectivity index (χ1) is 7.71. The molecule has 84 valence electrons. The van der Waals surface area contributed by atoms with Gasteiger partial charge >= 0.3 is 5.97 Å². The van der Waals surface area contributed by atoms with Crippen molar-refractivity contribution < 1.29 is 9.90 Å². The number of thioether (sulfide) groups is 1. The van der Waals surface area contributed by atoms with E-state index in [1.54, 1.807) is 11.8 Å². The van der Waals surface area contributed by atoms with Crippen LogP contribution in [0.4, 0.5) is 5.69 Å². The first-order valence-electron chi connectivity index (χ1n) is 5.39. The van der Waals surface area contributed by atoms with Gasteiger partial charge in [0.25, 0.3) is 0 Å². The largest absolute Gasteiger partial charge is 0.480 e. The number of aliphatic carboxylic acids is 1. The maximum atomic E-state index is 11.0. The number of hydrogen-bond acceptors (Lipinski definition) is 3. The molecule has 1 fully saturated rings. The molecule has 0 aromatic heterocycles. The van der Waals surface area contributed by atoms with Gasteiger partial charge in [-0.25, -0.2) is 0 Å². The molecule has 1 aromatic rings. The van der Waals surface area contributed by atoms with Gasteiger partial charge < -0.3 is 10.4 Å². The minimum atomic E-state index is -0.675. The summed E-state index contributed by atoms with van der Waals surface area (Å²) in [5.41, 5.74) is 2.52. The Kier molecular flexibility index (Phi) is 2.14. The number of carbonyl (C=O) groups is 1. The highest BCUT2D eigenvalue weighted by Gasteiger charge is 2.47. The highest BCUT2D eigenvalue weighted by molar-refractivity contribution is 8.00. The highest BCUT2D eigenvalue weighted by Crippen LogP contribution is 2.49. The summed E-state index contributed by atoms with van der Waals surface area (Å²) < 4.78 is 0. The van der Waals surface area contributed by atoms with Crippen molar-refractivity contribution >= 4 is 23.4 Å². The second kappa shape index (κ2) is 3.42. The molecule has 1 spiro atoms. The molecule has 2 aliphatic heterocycles. The first kappa shape index (κ1) is 10.0. The molecular weight excluding hydrogens is 222 g/mol. The molecule has 3 rings (SSSR count). The van der Waals surface area contributed by atoms with Crippen molar-refractivity contribution in [3.05, 3.63) is 29.8 Å². The Bertz CT molecular complexity index is 448. The number of anilines is 1. The van der Waals surface area contributed by atoms with Crippen molar-refractivity contribution in [2.24, 2.45) is 0 Å². The fraction of sp³-hybridized carbons (Fsp3) is 0.417. The monoisotopic (exact) mass is 235 g/mol. The minimum Gasteiger partial charge on any atom is -0.480 e. The molecular formula is C12H13NO2S. The Morgan fingerprint density at radius 2 is 2.31 bits per heavy atom. The van der Waals surface area contributed by atoms with E-state index in [4.69, 9.17) is 5.11 Å². The molecule has 0 radical (unpaired) electrons. The SMILES string of the molecule is O=C(O)C1CC2(CNc3ccccc32)CS1. The minimum absolute atomic E-state index is 0.0459. The van der Waals surface area contributed by atoms with Crippen molar-refractivity contribution in [3.63, 3.8) is 0 Å². The molecule has 1 saturated heterocycles. The predicted octanol–water partition coefficient (Wildman–Crippen LogP) is 1.94. The van der Waals surface area contributed by atoms with Gasteiger partial charge in [-0.1, -0.05) is 18.2 Å². The standard InChI is InChI=1S/C12H13NO2S/c14-11(15)10-5-12(7-16-10)6-13-9-4-2-1-3-8(9)12/h1-4,10,13H,5-7H2,(H,14,15). The zero-order valence-corrected chi connectivity index (χ0v) is 9.59. The van der Waals surface area contributed by atoms with Gasteiger partial charge in [-0.15, -0.1) is 11.8 Å². The first-order valence-corrected chi connectivity index (χ1v) is 6.44. The van der Waals surface area contributed by atoms with Crippen LogP contribution in [0.5, 0.6) is 0 Å². The van der Waals surface area contributed by atoms with E-state index in [9.17, 15) is 4.79 Å². The number of hydrogen-bond donors (Lipinski definition) is 2. The third-order valence-corrected chi connectivity index (χ3v) is 5.02. The molecule has 0 aliphatic carbocycles. The molecule has 0 bridgehead atoms. The second-order valence-electron chi connectivity index (χ2n) is 4.52. The third kappa shape index (κ3) is 1.33. The lowest BCUT2D eigenvalue weighted by Gasteiger charge is -2.21. The van der Waals surface area contributed by atoms with Crippen molar-refractivity contribution in [2.75, 3.05) is 17.6 Å². The van der Waals surface area contributed by atoms with Crippen LogP contribution >= 0.6 is 11.8 Å². The van der Waals surface area contributed by atoms with Crippen molar-refractivity contribution in [1.82, 2.24) is 0 Å². The quantitative estimate of drug-likeness (QED) is 0.781. The average molecular weight is 235 g/mol. The van der Waals surface area contributed by atoms with Crippen molar-refractivity contribution in [1.29, 1.82) is 0 Å². The van der Waals surface area contributed by atoms with Gasteiger partial charge in [-0.05, 0) is 18.1 Å². The number of rotatable bonds is 1. The van der Waals surface area contributed by atoms with Crippen LogP contribution in [0, 0.1) is 0 Å². The lowest BCUT2D eigenvalue weighted by Crippen LogP contribution is -2.29. The maximum Gasteiger partial charge on any atom is 0.316 e. The van der Waals surface area contributed by atoms with E-state index in [0.29, 0.717) is 0 Å². The zero-order chi connectivity index (χ0) is 11.2. The summed E-state index contributed by atoms with van der Waals surface area (Å²) in [5, 5.41) is 12.2. The summed E-state index contributed by atoms with van der Waals surface area (Å²) in [5.74, 6) is 0.236. The summed E-state index contributed by atoms with van der Waals surface area (Å²) in [6.45, 7) is 0.878. The molecule has 16 heavy (non-hydrogen) atoms. The molecule has 4 heteroatoms. The van der Waals surface area contributed by atoms with Crippen LogP contribution < -0.4 is 5.32 Å². The fourth-order valence-corrected chi connectivity index (χ4v) is 4.14. The summed E-state index contributed by atoms with van der Waals surface area (Å²) in [7, 11) is 0. The van der Waals surface area contributed by atoms with Gasteiger partial charge in [-0.2, -0.15) is 0 Å². The van der Waals surface area contributed by atoms with Crippen LogP contribution in [0.2, 0.25) is 0 Å². The molecule has 0 amide bonds. The van der Waals surface area contributed by atoms with E-state index < -0.39 is 5.97 Å². The number of carboxylic acid groups (broad SMARTS) is 1. The second-order valence-corrected chi connectivity index (χ2v) is 5.71. The Hall–Kier alpha value is -1.16. The number of benzene rings is 1. The summed E-state index contributed by atoms with van der Waals surface area (Å²) in [4.78, 5) is 11.0. The number of carboxylic acids is 1. The highest BCUT2D eigenvalue weighted by atomic mass is 32.2. The Morgan fingerprint density at radius 1 is 1.50 bits per heavy atom. The Balaban J connectivity index is 1.95. The molecule has 2 aliphatic rings. The van der Waals surface area contributed by atoms with Gasteiger partial charge in [0.15, 0.2) is 0 Å².